The van der Waals surface area contributed by atoms with E-state index in [1.165, 1.54) is 0 Å². The lowest BCUT2D eigenvalue weighted by Gasteiger charge is -2.31. The molecular weight excluding hydrogens is 408 g/mol. The highest BCUT2D eigenvalue weighted by Crippen LogP contribution is 2.25. The molecule has 5 heteroatoms. The van der Waals surface area contributed by atoms with E-state index >= 15 is 0 Å². The average Bonchev–Trinajstić information content (AvgIpc) is 2.80. The molecule has 0 saturated heterocycles. The van der Waals surface area contributed by atoms with E-state index in [2.05, 4.69) is 5.32 Å². The summed E-state index contributed by atoms with van der Waals surface area (Å²) in [7, 11) is 0. The summed E-state index contributed by atoms with van der Waals surface area (Å²) < 4.78 is 0. The van der Waals surface area contributed by atoms with Gasteiger partial charge in [0, 0.05) is 24.5 Å². The number of benzene rings is 3. The molecule has 0 spiro atoms. The maximum Gasteiger partial charge on any atom is 0.247 e. The van der Waals surface area contributed by atoms with Gasteiger partial charge in [0.25, 0.3) is 0 Å². The predicted octanol–water partition coefficient (Wildman–Crippen LogP) is 5.53. The van der Waals surface area contributed by atoms with Gasteiger partial charge in [0.05, 0.1) is 0 Å². The fourth-order valence-corrected chi connectivity index (χ4v) is 3.58. The van der Waals surface area contributed by atoms with Crippen LogP contribution in [0.15, 0.2) is 84.9 Å². The fraction of sp³-hybridized carbons (Fsp3) is 0.231. The second-order valence-electron chi connectivity index (χ2n) is 7.41. The van der Waals surface area contributed by atoms with E-state index in [-0.39, 0.29) is 11.8 Å². The van der Waals surface area contributed by atoms with Crippen LogP contribution >= 0.6 is 11.6 Å². The van der Waals surface area contributed by atoms with Crippen molar-refractivity contribution in [3.63, 3.8) is 0 Å². The molecule has 1 atom stereocenters. The molecule has 3 aromatic carbocycles. The van der Waals surface area contributed by atoms with Crippen molar-refractivity contribution in [3.05, 3.63) is 107 Å². The first kappa shape index (κ1) is 22.6. The Labute approximate surface area is 188 Å². The molecule has 3 rings (SSSR count). The number of hydrogen-bond donors (Lipinski definition) is 1. The molecule has 0 fully saturated rings. The fourth-order valence-electron chi connectivity index (χ4n) is 3.46. The zero-order valence-corrected chi connectivity index (χ0v) is 18.4. The Kier molecular flexibility index (Phi) is 8.25. The summed E-state index contributed by atoms with van der Waals surface area (Å²) in [5.74, 6) is -0.255. The van der Waals surface area contributed by atoms with Crippen molar-refractivity contribution in [1.82, 2.24) is 10.2 Å². The highest BCUT2D eigenvalue weighted by atomic mass is 35.5. The maximum absolute atomic E-state index is 13.4. The minimum Gasteiger partial charge on any atom is -0.350 e. The van der Waals surface area contributed by atoms with E-state index < -0.39 is 6.04 Å². The van der Waals surface area contributed by atoms with Crippen LogP contribution in [0.2, 0.25) is 5.02 Å². The highest BCUT2D eigenvalue weighted by Gasteiger charge is 2.31. The lowest BCUT2D eigenvalue weighted by molar-refractivity contribution is -0.141. The molecule has 3 aromatic rings. The number of amides is 2. The van der Waals surface area contributed by atoms with Crippen molar-refractivity contribution in [1.29, 1.82) is 0 Å². The third kappa shape index (κ3) is 6.43. The van der Waals surface area contributed by atoms with Crippen LogP contribution in [0.5, 0.6) is 0 Å². The van der Waals surface area contributed by atoms with Crippen molar-refractivity contribution < 1.29 is 9.59 Å². The number of halogens is 1. The van der Waals surface area contributed by atoms with Gasteiger partial charge in [0.15, 0.2) is 0 Å². The van der Waals surface area contributed by atoms with E-state index in [4.69, 9.17) is 11.6 Å². The summed E-state index contributed by atoms with van der Waals surface area (Å²) in [5, 5.41) is 3.65. The Morgan fingerprint density at radius 3 is 2.10 bits per heavy atom. The van der Waals surface area contributed by atoms with Gasteiger partial charge < -0.3 is 10.2 Å². The minimum absolute atomic E-state index is 0.0545. The molecule has 0 heterocycles. The molecule has 2 amide bonds. The van der Waals surface area contributed by atoms with Gasteiger partial charge in [-0.3, -0.25) is 9.59 Å². The van der Waals surface area contributed by atoms with Crippen LogP contribution in [-0.4, -0.2) is 16.7 Å². The first-order valence-corrected chi connectivity index (χ1v) is 10.9. The van der Waals surface area contributed by atoms with Crippen molar-refractivity contribution >= 4 is 23.4 Å². The third-order valence-electron chi connectivity index (χ3n) is 5.04. The van der Waals surface area contributed by atoms with E-state index in [0.717, 1.165) is 16.7 Å². The second kappa shape index (κ2) is 11.3. The number of carbonyl (C=O) groups is 2. The zero-order valence-electron chi connectivity index (χ0n) is 17.6. The summed E-state index contributed by atoms with van der Waals surface area (Å²) in [6.45, 7) is 2.69. The smallest absolute Gasteiger partial charge is 0.247 e. The van der Waals surface area contributed by atoms with Crippen molar-refractivity contribution in [3.8, 4) is 0 Å². The molecule has 0 aromatic heterocycles. The van der Waals surface area contributed by atoms with Gasteiger partial charge in [-0.2, -0.15) is 0 Å². The predicted molar refractivity (Wildman–Crippen MR) is 124 cm³/mol. The Balaban J connectivity index is 1.91. The lowest BCUT2D eigenvalue weighted by atomic mass is 10.0. The Hall–Kier alpha value is -3.11. The molecule has 0 saturated carbocycles. The van der Waals surface area contributed by atoms with Crippen molar-refractivity contribution in [2.24, 2.45) is 0 Å². The molecule has 0 unspecified atom stereocenters. The SMILES string of the molecule is CCCC(=O)N(Cc1ccc(Cl)cc1)[C@H](C(=O)NCc1ccccc1)c1ccccc1. The maximum atomic E-state index is 13.4. The van der Waals surface area contributed by atoms with Gasteiger partial charge >= 0.3 is 0 Å². The quantitative estimate of drug-likeness (QED) is 0.481. The van der Waals surface area contributed by atoms with Gasteiger partial charge in [-0.25, -0.2) is 0 Å². The van der Waals surface area contributed by atoms with Gasteiger partial charge in [0.2, 0.25) is 11.8 Å². The highest BCUT2D eigenvalue weighted by molar-refractivity contribution is 6.30. The second-order valence-corrected chi connectivity index (χ2v) is 7.85. The molecule has 0 bridgehead atoms. The average molecular weight is 435 g/mol. The van der Waals surface area contributed by atoms with Crippen molar-refractivity contribution in [2.75, 3.05) is 0 Å². The van der Waals surface area contributed by atoms with Crippen LogP contribution in [0.4, 0.5) is 0 Å². The van der Waals surface area contributed by atoms with Crippen LogP contribution in [0.25, 0.3) is 0 Å². The largest absolute Gasteiger partial charge is 0.350 e. The van der Waals surface area contributed by atoms with Crippen LogP contribution < -0.4 is 5.32 Å². The van der Waals surface area contributed by atoms with Gasteiger partial charge in [-0.15, -0.1) is 0 Å². The van der Waals surface area contributed by atoms with Crippen molar-refractivity contribution in [2.45, 2.75) is 38.9 Å². The normalized spacial score (nSPS) is 11.5. The summed E-state index contributed by atoms with van der Waals surface area (Å²) in [6, 6.07) is 25.8. The first-order valence-electron chi connectivity index (χ1n) is 10.5. The lowest BCUT2D eigenvalue weighted by Crippen LogP contribution is -2.43. The molecule has 1 N–H and O–H groups in total. The summed E-state index contributed by atoms with van der Waals surface area (Å²) >= 11 is 6.02. The van der Waals surface area contributed by atoms with Crippen LogP contribution in [0.1, 0.15) is 42.5 Å². The zero-order chi connectivity index (χ0) is 22.1. The molecule has 160 valence electrons. The summed E-state index contributed by atoms with van der Waals surface area (Å²) in [5.41, 5.74) is 2.71. The Morgan fingerprint density at radius 2 is 1.48 bits per heavy atom. The molecular formula is C26H27ClN2O2. The monoisotopic (exact) mass is 434 g/mol. The van der Waals surface area contributed by atoms with E-state index in [1.807, 2.05) is 79.7 Å². The molecule has 31 heavy (non-hydrogen) atoms. The number of rotatable bonds is 9. The molecule has 0 aliphatic rings. The van der Waals surface area contributed by atoms with Gasteiger partial charge in [-0.1, -0.05) is 91.3 Å². The molecule has 0 aliphatic carbocycles. The van der Waals surface area contributed by atoms with Gasteiger partial charge in [-0.05, 0) is 35.2 Å². The standard InChI is InChI=1S/C26H27ClN2O2/c1-2-9-24(30)29(19-21-14-16-23(27)17-15-21)25(22-12-7-4-8-13-22)26(31)28-18-20-10-5-3-6-11-20/h3-8,10-17,25H,2,9,18-19H2,1H3,(H,28,31)/t25-/m0/s1. The number of nitrogens with one attached hydrogen (secondary N) is 1. The number of hydrogen-bond acceptors (Lipinski definition) is 2. The van der Waals surface area contributed by atoms with Crippen LogP contribution in [-0.2, 0) is 22.7 Å². The van der Waals surface area contributed by atoms with E-state index in [0.29, 0.717) is 31.0 Å². The summed E-state index contributed by atoms with van der Waals surface area (Å²) in [4.78, 5) is 28.2. The number of nitrogens with zero attached hydrogens (tertiary/aromatic N) is 1. The van der Waals surface area contributed by atoms with E-state index in [1.54, 1.807) is 17.0 Å². The number of carbonyl (C=O) groups excluding carboxylic acids is 2. The van der Waals surface area contributed by atoms with Crippen LogP contribution in [0, 0.1) is 0 Å². The third-order valence-corrected chi connectivity index (χ3v) is 5.29. The molecule has 0 radical (unpaired) electrons. The summed E-state index contributed by atoms with van der Waals surface area (Å²) in [6.07, 6.45) is 1.09. The molecule has 0 aliphatic heterocycles. The van der Waals surface area contributed by atoms with Gasteiger partial charge in [0.1, 0.15) is 6.04 Å². The minimum atomic E-state index is -0.723. The molecule has 4 nitrogen and oxygen atoms in total. The Morgan fingerprint density at radius 1 is 0.871 bits per heavy atom. The van der Waals surface area contributed by atoms with E-state index in [9.17, 15) is 9.59 Å². The van der Waals surface area contributed by atoms with Crippen LogP contribution in [0.3, 0.4) is 0 Å². The topological polar surface area (TPSA) is 49.4 Å². The first-order chi connectivity index (χ1) is 15.1. The Bertz CT molecular complexity index is 975.